The van der Waals surface area contributed by atoms with Crippen LogP contribution in [0.5, 0.6) is 0 Å². The molecule has 3 saturated carbocycles. The number of hydrogen-bond donors (Lipinski definition) is 0. The summed E-state index contributed by atoms with van der Waals surface area (Å²) in [5.74, 6) is 3.05. The maximum Gasteiger partial charge on any atom is 0.0675 e. The van der Waals surface area contributed by atoms with Crippen LogP contribution in [-0.4, -0.2) is 38.8 Å². The summed E-state index contributed by atoms with van der Waals surface area (Å²) in [5.41, 5.74) is 1.80. The van der Waals surface area contributed by atoms with Crippen molar-refractivity contribution >= 4 is 11.6 Å². The van der Waals surface area contributed by atoms with E-state index in [2.05, 4.69) is 58.5 Å². The molecule has 0 aromatic heterocycles. The first-order valence-electron chi connectivity index (χ1n) is 13.4. The van der Waals surface area contributed by atoms with Gasteiger partial charge in [-0.25, -0.2) is 5.46 Å². The van der Waals surface area contributed by atoms with Crippen LogP contribution >= 0.6 is 0 Å². The Morgan fingerprint density at radius 1 is 0.533 bits per heavy atom. The zero-order valence-corrected chi connectivity index (χ0v) is 20.7. The first kappa shape index (κ1) is 23.9. The van der Waals surface area contributed by atoms with E-state index in [0.29, 0.717) is 0 Å². The lowest BCUT2D eigenvalue weighted by Crippen LogP contribution is -2.60. The summed E-state index contributed by atoms with van der Waals surface area (Å²) in [4.78, 5) is 0. The van der Waals surface area contributed by atoms with Gasteiger partial charge in [0.2, 0.25) is 0 Å². The van der Waals surface area contributed by atoms with Gasteiger partial charge in [-0.3, -0.25) is 0 Å². The van der Waals surface area contributed by atoms with Gasteiger partial charge in [0.25, 0.3) is 0 Å². The summed E-state index contributed by atoms with van der Waals surface area (Å²) < 4.78 is 1.00. The van der Waals surface area contributed by atoms with E-state index < -0.39 is 0 Å². The molecule has 0 heterocycles. The van der Waals surface area contributed by atoms with E-state index in [9.17, 15) is 0 Å². The minimum absolute atomic E-state index is 0.385. The van der Waals surface area contributed by atoms with E-state index in [1.165, 1.54) is 96.3 Å². The van der Waals surface area contributed by atoms with E-state index in [0.717, 1.165) is 21.9 Å². The van der Waals surface area contributed by atoms with Crippen molar-refractivity contribution in [1.82, 2.24) is 0 Å². The van der Waals surface area contributed by atoms with Crippen molar-refractivity contribution in [3.63, 3.8) is 0 Å². The summed E-state index contributed by atoms with van der Waals surface area (Å²) in [7, 11) is 8.50. The Morgan fingerprint density at radius 2 is 0.833 bits per heavy atom. The van der Waals surface area contributed by atoms with E-state index in [4.69, 9.17) is 0 Å². The molecular formula is C28H50BN. The zero-order chi connectivity index (χ0) is 21.5. The fourth-order valence-corrected chi connectivity index (χ4v) is 7.81. The second kappa shape index (κ2) is 11.2. The minimum atomic E-state index is -0.385. The Balaban J connectivity index is 0.000000461. The smallest absolute Gasteiger partial charge is 0.0675 e. The van der Waals surface area contributed by atoms with E-state index in [1.807, 2.05) is 0 Å². The van der Waals surface area contributed by atoms with Gasteiger partial charge in [-0.2, -0.15) is 17.5 Å². The third-order valence-corrected chi connectivity index (χ3v) is 8.67. The lowest BCUT2D eigenvalue weighted by Gasteiger charge is -2.61. The average molecular weight is 412 g/mol. The summed E-state index contributed by atoms with van der Waals surface area (Å²) in [5, 5.41) is 0. The van der Waals surface area contributed by atoms with Gasteiger partial charge >= 0.3 is 0 Å². The number of benzene rings is 1. The summed E-state index contributed by atoms with van der Waals surface area (Å²) in [6.07, 6.45) is 22.3. The van der Waals surface area contributed by atoms with Gasteiger partial charge in [-0.05, 0) is 0 Å². The Bertz CT molecular complexity index is 535. The third-order valence-electron chi connectivity index (χ3n) is 8.67. The first-order chi connectivity index (χ1) is 14.4. The molecule has 0 aliphatic heterocycles. The molecule has 1 aromatic rings. The van der Waals surface area contributed by atoms with Crippen LogP contribution in [-0.2, 0) is 0 Å². The number of hydrogen-bond acceptors (Lipinski definition) is 0. The molecule has 2 heteroatoms. The molecule has 0 radical (unpaired) electrons. The molecule has 0 saturated heterocycles. The molecule has 1 aromatic carbocycles. The van der Waals surface area contributed by atoms with E-state index >= 15 is 0 Å². The van der Waals surface area contributed by atoms with Crippen LogP contribution in [0.2, 0.25) is 17.5 Å². The summed E-state index contributed by atoms with van der Waals surface area (Å²) in [6.45, 7) is 0. The molecule has 0 bridgehead atoms. The highest BCUT2D eigenvalue weighted by molar-refractivity contribution is 6.95. The molecule has 30 heavy (non-hydrogen) atoms. The van der Waals surface area contributed by atoms with Crippen LogP contribution in [0.1, 0.15) is 96.3 Å². The molecule has 1 nitrogen and oxygen atoms in total. The van der Waals surface area contributed by atoms with Gasteiger partial charge in [0, 0.05) is 6.15 Å². The van der Waals surface area contributed by atoms with Crippen molar-refractivity contribution in [3.8, 4) is 0 Å². The van der Waals surface area contributed by atoms with Crippen LogP contribution in [0.15, 0.2) is 30.3 Å². The highest BCUT2D eigenvalue weighted by atomic mass is 15.2. The van der Waals surface area contributed by atoms with Crippen LogP contribution in [0, 0.1) is 0 Å². The third kappa shape index (κ3) is 6.15. The minimum Gasteiger partial charge on any atom is -0.333 e. The van der Waals surface area contributed by atoms with Gasteiger partial charge in [0.1, 0.15) is 0 Å². The Morgan fingerprint density at radius 3 is 1.13 bits per heavy atom. The molecule has 0 spiro atoms. The highest BCUT2D eigenvalue weighted by Gasteiger charge is 2.45. The van der Waals surface area contributed by atoms with Crippen LogP contribution in [0.3, 0.4) is 0 Å². The molecule has 3 aliphatic carbocycles. The molecule has 170 valence electrons. The van der Waals surface area contributed by atoms with Crippen LogP contribution < -0.4 is 5.46 Å². The second-order valence-corrected chi connectivity index (χ2v) is 12.4. The molecular weight excluding hydrogens is 361 g/mol. The largest absolute Gasteiger partial charge is 0.333 e. The maximum atomic E-state index is 2.55. The molecule has 0 atom stereocenters. The Labute approximate surface area is 188 Å². The fourth-order valence-electron chi connectivity index (χ4n) is 7.81. The predicted octanol–water partition coefficient (Wildman–Crippen LogP) is 7.67. The Hall–Kier alpha value is -0.755. The van der Waals surface area contributed by atoms with Crippen molar-refractivity contribution in [1.29, 1.82) is 0 Å². The zero-order valence-electron chi connectivity index (χ0n) is 20.7. The lowest BCUT2D eigenvalue weighted by molar-refractivity contribution is -0.849. The highest BCUT2D eigenvalue weighted by Crippen LogP contribution is 2.56. The van der Waals surface area contributed by atoms with E-state index in [-0.39, 0.29) is 6.15 Å². The summed E-state index contributed by atoms with van der Waals surface area (Å²) >= 11 is 0. The van der Waals surface area contributed by atoms with Crippen molar-refractivity contribution in [2.45, 2.75) is 114 Å². The topological polar surface area (TPSA) is 0 Å². The standard InChI is InChI=1S/C24H38B.C4H12N/c1-5-13-21(14-6-1)25(22-15-7-2-8-16-22,23-17-9-3-10-18-23)24-19-11-4-12-20-24;1-5(2,3)4/h1,5-6,13-14,22-24H,2-4,7-12,15-20H2;1-4H3/q-1;+1. The monoisotopic (exact) mass is 411 g/mol. The number of rotatable bonds is 4. The first-order valence-corrected chi connectivity index (χ1v) is 13.4. The van der Waals surface area contributed by atoms with Gasteiger partial charge in [-0.1, -0.05) is 127 Å². The quantitative estimate of drug-likeness (QED) is 0.352. The predicted molar refractivity (Wildman–Crippen MR) is 136 cm³/mol. The average Bonchev–Trinajstić information content (AvgIpc) is 2.76. The molecule has 0 unspecified atom stereocenters. The summed E-state index contributed by atoms with van der Waals surface area (Å²) in [6, 6.07) is 12.0. The van der Waals surface area contributed by atoms with Crippen molar-refractivity contribution in [2.24, 2.45) is 0 Å². The molecule has 0 amide bonds. The molecule has 4 rings (SSSR count). The lowest BCUT2D eigenvalue weighted by atomic mass is 9.04. The normalized spacial score (nSPS) is 22.9. The fraction of sp³-hybridized carbons (Fsp3) is 0.786. The molecule has 3 fully saturated rings. The molecule has 0 N–H and O–H groups in total. The van der Waals surface area contributed by atoms with Gasteiger partial charge < -0.3 is 4.48 Å². The van der Waals surface area contributed by atoms with Gasteiger partial charge in [0.05, 0.1) is 28.2 Å². The number of nitrogens with zero attached hydrogens (tertiary/aromatic N) is 1. The van der Waals surface area contributed by atoms with Gasteiger partial charge in [0.15, 0.2) is 0 Å². The SMILES string of the molecule is C[N+](C)(C)C.c1ccc([B-](C2CCCCC2)(C2CCCCC2)C2CCCCC2)cc1. The number of quaternary nitrogens is 1. The Kier molecular flexibility index (Phi) is 8.93. The maximum absolute atomic E-state index is 2.55. The van der Waals surface area contributed by atoms with Gasteiger partial charge in [-0.15, -0.1) is 0 Å². The van der Waals surface area contributed by atoms with Crippen LogP contribution in [0.25, 0.3) is 0 Å². The van der Waals surface area contributed by atoms with Crippen molar-refractivity contribution in [2.75, 3.05) is 28.2 Å². The second-order valence-electron chi connectivity index (χ2n) is 12.4. The van der Waals surface area contributed by atoms with E-state index in [1.54, 1.807) is 5.46 Å². The molecule has 3 aliphatic rings. The van der Waals surface area contributed by atoms with Crippen LogP contribution in [0.4, 0.5) is 0 Å². The van der Waals surface area contributed by atoms with Crippen molar-refractivity contribution in [3.05, 3.63) is 30.3 Å². The van der Waals surface area contributed by atoms with Crippen molar-refractivity contribution < 1.29 is 4.48 Å².